The highest BCUT2D eigenvalue weighted by molar-refractivity contribution is 7.27. The van der Waals surface area contributed by atoms with Gasteiger partial charge in [-0.15, -0.1) is 22.7 Å². The zero-order chi connectivity index (χ0) is 37.5. The molecule has 2 N–H and O–H groups in total. The molecule has 4 heterocycles. The van der Waals surface area contributed by atoms with Gasteiger partial charge < -0.3 is 9.88 Å². The number of amidine groups is 1. The lowest BCUT2D eigenvalue weighted by Crippen LogP contribution is -2.45. The molecule has 0 spiro atoms. The SMILES string of the molecule is c1ccc(C2=NC(c3ccccc3)NC(c3cccc4c3sc3c(-c5cccc6c5sc5cc(-n7c8ccccc8c8ccccc87)ccc56)cccc34)N2)cc1. The summed E-state index contributed by atoms with van der Waals surface area (Å²) in [7, 11) is 0. The van der Waals surface area contributed by atoms with Crippen molar-refractivity contribution in [3.05, 3.63) is 199 Å². The van der Waals surface area contributed by atoms with Crippen molar-refractivity contribution < 1.29 is 0 Å². The largest absolute Gasteiger partial charge is 0.350 e. The van der Waals surface area contributed by atoms with Gasteiger partial charge in [0, 0.05) is 79.1 Å². The smallest absolute Gasteiger partial charge is 0.131 e. The monoisotopic (exact) mass is 766 g/mol. The molecule has 4 nitrogen and oxygen atoms in total. The lowest BCUT2D eigenvalue weighted by atomic mass is 9.99. The van der Waals surface area contributed by atoms with Crippen molar-refractivity contribution >= 4 is 90.7 Å². The first-order valence-corrected chi connectivity index (χ1v) is 21.0. The number of para-hydroxylation sites is 2. The number of benzene rings is 8. The predicted molar refractivity (Wildman–Crippen MR) is 243 cm³/mol. The van der Waals surface area contributed by atoms with Crippen LogP contribution in [-0.2, 0) is 0 Å². The summed E-state index contributed by atoms with van der Waals surface area (Å²) in [5, 5.41) is 15.4. The third-order valence-electron chi connectivity index (χ3n) is 11.5. The van der Waals surface area contributed by atoms with Crippen LogP contribution in [-0.4, -0.2) is 10.4 Å². The van der Waals surface area contributed by atoms with Gasteiger partial charge in [0.15, 0.2) is 0 Å². The Morgan fingerprint density at radius 2 is 1.05 bits per heavy atom. The first-order chi connectivity index (χ1) is 28.3. The fourth-order valence-corrected chi connectivity index (χ4v) is 11.5. The van der Waals surface area contributed by atoms with Gasteiger partial charge in [-0.1, -0.05) is 158 Å². The molecule has 2 atom stereocenters. The van der Waals surface area contributed by atoms with Crippen molar-refractivity contribution in [1.29, 1.82) is 0 Å². The first kappa shape index (κ1) is 32.7. The Balaban J connectivity index is 0.993. The van der Waals surface area contributed by atoms with Crippen LogP contribution >= 0.6 is 22.7 Å². The van der Waals surface area contributed by atoms with Crippen LogP contribution in [0.5, 0.6) is 0 Å². The number of thiophene rings is 2. The van der Waals surface area contributed by atoms with Crippen molar-refractivity contribution in [2.24, 2.45) is 4.99 Å². The molecular formula is C51H34N4S2. The normalized spacial score (nSPS) is 15.9. The molecule has 0 saturated heterocycles. The zero-order valence-electron chi connectivity index (χ0n) is 30.7. The van der Waals surface area contributed by atoms with E-state index in [1.54, 1.807) is 0 Å². The second-order valence-corrected chi connectivity index (χ2v) is 16.8. The van der Waals surface area contributed by atoms with E-state index in [0.717, 1.165) is 17.0 Å². The van der Waals surface area contributed by atoms with Gasteiger partial charge in [0.1, 0.15) is 18.2 Å². The summed E-state index contributed by atoms with van der Waals surface area (Å²) in [5.74, 6) is 0.893. The van der Waals surface area contributed by atoms with Crippen LogP contribution in [0.1, 0.15) is 29.0 Å². The number of aliphatic imine (C=N–C) groups is 1. The van der Waals surface area contributed by atoms with Gasteiger partial charge in [-0.2, -0.15) is 0 Å². The van der Waals surface area contributed by atoms with E-state index in [2.05, 4.69) is 197 Å². The van der Waals surface area contributed by atoms with Crippen LogP contribution in [0.4, 0.5) is 0 Å². The minimum absolute atomic E-state index is 0.141. The fourth-order valence-electron chi connectivity index (χ4n) is 8.89. The maximum absolute atomic E-state index is 5.17. The standard InChI is InChI=1S/C51H34N4S2/c1-3-14-31(15-4-1)49-52-50(32-16-5-2-6-17-32)54-51(53-49)42-25-13-24-41-40-23-12-22-39(47(40)57-48(41)42)38-21-11-20-37-36-29-28-33(30-45(36)56-46(37)38)55-43-26-9-7-18-34(43)35-19-8-10-27-44(35)55/h1-30,49,51,53H,(H,52,54). The van der Waals surface area contributed by atoms with Crippen molar-refractivity contribution in [3.8, 4) is 16.8 Å². The molecule has 6 heteroatoms. The lowest BCUT2D eigenvalue weighted by molar-refractivity contribution is 0.411. The molecule has 0 amide bonds. The zero-order valence-corrected chi connectivity index (χ0v) is 32.3. The number of hydrogen-bond acceptors (Lipinski definition) is 5. The van der Waals surface area contributed by atoms with Crippen LogP contribution in [0.2, 0.25) is 0 Å². The minimum Gasteiger partial charge on any atom is -0.350 e. The Labute approximate surface area is 337 Å². The molecular weight excluding hydrogens is 733 g/mol. The van der Waals surface area contributed by atoms with Crippen LogP contribution < -0.4 is 10.6 Å². The highest BCUT2D eigenvalue weighted by atomic mass is 32.1. The molecule has 0 saturated carbocycles. The highest BCUT2D eigenvalue weighted by Crippen LogP contribution is 2.47. The van der Waals surface area contributed by atoms with E-state index in [-0.39, 0.29) is 12.3 Å². The summed E-state index contributed by atoms with van der Waals surface area (Å²) in [6, 6.07) is 65.8. The summed E-state index contributed by atoms with van der Waals surface area (Å²) in [4.78, 5) is 5.17. The molecule has 12 rings (SSSR count). The Bertz CT molecular complexity index is 3320. The molecule has 0 bridgehead atoms. The Morgan fingerprint density at radius 1 is 0.474 bits per heavy atom. The number of aromatic nitrogens is 1. The van der Waals surface area contributed by atoms with Crippen molar-refractivity contribution in [1.82, 2.24) is 15.2 Å². The van der Waals surface area contributed by atoms with Gasteiger partial charge in [-0.3, -0.25) is 5.32 Å². The highest BCUT2D eigenvalue weighted by Gasteiger charge is 2.28. The summed E-state index contributed by atoms with van der Waals surface area (Å²) < 4.78 is 7.62. The predicted octanol–water partition coefficient (Wildman–Crippen LogP) is 13.5. The third-order valence-corrected chi connectivity index (χ3v) is 14.0. The number of nitrogens with one attached hydrogen (secondary N) is 2. The van der Waals surface area contributed by atoms with E-state index in [4.69, 9.17) is 4.99 Å². The molecule has 0 fully saturated rings. The summed E-state index contributed by atoms with van der Waals surface area (Å²) >= 11 is 3.80. The van der Waals surface area contributed by atoms with E-state index < -0.39 is 0 Å². The molecule has 1 aliphatic heterocycles. The van der Waals surface area contributed by atoms with Crippen LogP contribution in [0, 0.1) is 0 Å². The van der Waals surface area contributed by atoms with E-state index in [0.29, 0.717) is 0 Å². The second-order valence-electron chi connectivity index (χ2n) is 14.7. The summed E-state index contributed by atoms with van der Waals surface area (Å²) in [6.45, 7) is 0. The average Bonchev–Trinajstić information content (AvgIpc) is 3.96. The van der Waals surface area contributed by atoms with E-state index in [1.807, 2.05) is 22.7 Å². The Hall–Kier alpha value is -6.57. The summed E-state index contributed by atoms with van der Waals surface area (Å²) in [6.07, 6.45) is -0.327. The molecule has 0 aliphatic carbocycles. The maximum atomic E-state index is 5.17. The summed E-state index contributed by atoms with van der Waals surface area (Å²) in [5.41, 5.74) is 9.65. The van der Waals surface area contributed by atoms with Gasteiger partial charge in [-0.25, -0.2) is 4.99 Å². The van der Waals surface area contributed by atoms with Crippen LogP contribution in [0.3, 0.4) is 0 Å². The number of nitrogens with zero attached hydrogens (tertiary/aromatic N) is 2. The van der Waals surface area contributed by atoms with Crippen LogP contribution in [0.25, 0.3) is 79.0 Å². The van der Waals surface area contributed by atoms with Gasteiger partial charge in [0.25, 0.3) is 0 Å². The van der Waals surface area contributed by atoms with Crippen LogP contribution in [0.15, 0.2) is 187 Å². The number of rotatable bonds is 5. The van der Waals surface area contributed by atoms with Gasteiger partial charge >= 0.3 is 0 Å². The molecule has 0 radical (unpaired) electrons. The second kappa shape index (κ2) is 13.0. The third kappa shape index (κ3) is 5.19. The van der Waals surface area contributed by atoms with Gasteiger partial charge in [0.05, 0.1) is 11.0 Å². The van der Waals surface area contributed by atoms with Crippen molar-refractivity contribution in [3.63, 3.8) is 0 Å². The molecule has 1 aliphatic rings. The Kier molecular flexibility index (Phi) is 7.45. The molecule has 3 aromatic heterocycles. The molecule has 270 valence electrons. The van der Waals surface area contributed by atoms with Crippen molar-refractivity contribution in [2.75, 3.05) is 0 Å². The molecule has 8 aromatic carbocycles. The van der Waals surface area contributed by atoms with E-state index in [1.165, 1.54) is 84.5 Å². The van der Waals surface area contributed by atoms with Gasteiger partial charge in [-0.05, 0) is 29.8 Å². The van der Waals surface area contributed by atoms with E-state index in [9.17, 15) is 0 Å². The molecule has 2 unspecified atom stereocenters. The van der Waals surface area contributed by atoms with Crippen molar-refractivity contribution in [2.45, 2.75) is 12.3 Å². The number of fused-ring (bicyclic) bond motifs is 9. The van der Waals surface area contributed by atoms with Gasteiger partial charge in [0.2, 0.25) is 0 Å². The number of hydrogen-bond donors (Lipinski definition) is 2. The first-order valence-electron chi connectivity index (χ1n) is 19.4. The average molecular weight is 767 g/mol. The maximum Gasteiger partial charge on any atom is 0.131 e. The van der Waals surface area contributed by atoms with E-state index >= 15 is 0 Å². The molecule has 57 heavy (non-hydrogen) atoms. The lowest BCUT2D eigenvalue weighted by Gasteiger charge is -2.32. The topological polar surface area (TPSA) is 41.4 Å². The minimum atomic E-state index is -0.186. The quantitative estimate of drug-likeness (QED) is 0.183. The molecule has 11 aromatic rings. The fraction of sp³-hybridized carbons (Fsp3) is 0.0392. The Morgan fingerprint density at radius 3 is 1.77 bits per heavy atom.